The van der Waals surface area contributed by atoms with E-state index in [9.17, 15) is 14.7 Å². The number of methoxy groups -OCH3 is 1. The molecule has 0 heterocycles. The molecule has 0 bridgehead atoms. The van der Waals surface area contributed by atoms with Crippen LogP contribution in [0.15, 0.2) is 18.2 Å². The third-order valence-corrected chi connectivity index (χ3v) is 2.40. The zero-order chi connectivity index (χ0) is 14.4. The van der Waals surface area contributed by atoms with Crippen molar-refractivity contribution in [3.8, 4) is 11.5 Å². The molecule has 0 aromatic heterocycles. The Kier molecular flexibility index (Phi) is 5.13. The van der Waals surface area contributed by atoms with Crippen molar-refractivity contribution < 1.29 is 29.6 Å². The van der Waals surface area contributed by atoms with E-state index in [0.717, 1.165) is 17.0 Å². The number of ether oxygens (including phenoxy) is 1. The molecule has 0 aliphatic rings. The number of carboxylic acid groups (broad SMARTS) is 1. The van der Waals surface area contributed by atoms with E-state index in [4.69, 9.17) is 14.9 Å². The van der Waals surface area contributed by atoms with Crippen LogP contribution in [0.25, 0.3) is 0 Å². The highest BCUT2D eigenvalue weighted by Crippen LogP contribution is 2.25. The fourth-order valence-electron chi connectivity index (χ4n) is 1.46. The van der Waals surface area contributed by atoms with Gasteiger partial charge in [-0.05, 0) is 18.2 Å². The van der Waals surface area contributed by atoms with Gasteiger partial charge in [-0.15, -0.1) is 0 Å². The fourth-order valence-corrected chi connectivity index (χ4v) is 1.46. The standard InChI is InChI=1S/C12H15NO6/c1-19-5-4-13(7-11(16)17)12(18)8-2-3-9(14)10(15)6-8/h2-3,6,14-15H,4-5,7H2,1H3,(H,16,17). The van der Waals surface area contributed by atoms with Gasteiger partial charge in [0, 0.05) is 19.2 Å². The summed E-state index contributed by atoms with van der Waals surface area (Å²) in [6.45, 7) is -0.157. The summed E-state index contributed by atoms with van der Waals surface area (Å²) in [6, 6.07) is 3.55. The number of carbonyl (C=O) groups is 2. The first-order chi connectivity index (χ1) is 8.95. The van der Waals surface area contributed by atoms with Crippen LogP contribution in [0.1, 0.15) is 10.4 Å². The highest BCUT2D eigenvalue weighted by molar-refractivity contribution is 5.96. The molecule has 0 saturated heterocycles. The molecule has 1 aromatic carbocycles. The smallest absolute Gasteiger partial charge is 0.323 e. The number of phenolic OH excluding ortho intramolecular Hbond substituents is 2. The number of amides is 1. The minimum atomic E-state index is -1.15. The number of carbonyl (C=O) groups excluding carboxylic acids is 1. The van der Waals surface area contributed by atoms with Gasteiger partial charge in [-0.25, -0.2) is 0 Å². The van der Waals surface area contributed by atoms with Crippen LogP contribution < -0.4 is 0 Å². The van der Waals surface area contributed by atoms with E-state index in [1.54, 1.807) is 0 Å². The first-order valence-electron chi connectivity index (χ1n) is 5.47. The van der Waals surface area contributed by atoms with E-state index < -0.39 is 24.2 Å². The second kappa shape index (κ2) is 6.60. The summed E-state index contributed by atoms with van der Waals surface area (Å²) in [5.41, 5.74) is 0.0904. The maximum atomic E-state index is 12.1. The molecule has 7 heteroatoms. The van der Waals surface area contributed by atoms with Crippen LogP contribution in [-0.4, -0.2) is 58.9 Å². The average Bonchev–Trinajstić information content (AvgIpc) is 2.36. The van der Waals surface area contributed by atoms with Gasteiger partial charge in [-0.1, -0.05) is 0 Å². The van der Waals surface area contributed by atoms with Crippen LogP contribution in [0, 0.1) is 0 Å². The van der Waals surface area contributed by atoms with Crippen molar-refractivity contribution >= 4 is 11.9 Å². The first kappa shape index (κ1) is 14.8. The van der Waals surface area contributed by atoms with Gasteiger partial charge in [0.05, 0.1) is 6.61 Å². The number of hydrogen-bond acceptors (Lipinski definition) is 5. The largest absolute Gasteiger partial charge is 0.504 e. The molecule has 0 aliphatic heterocycles. The quantitative estimate of drug-likeness (QED) is 0.640. The van der Waals surface area contributed by atoms with E-state index in [2.05, 4.69) is 0 Å². The molecule has 0 atom stereocenters. The lowest BCUT2D eigenvalue weighted by atomic mass is 10.1. The van der Waals surface area contributed by atoms with E-state index in [1.807, 2.05) is 0 Å². The maximum Gasteiger partial charge on any atom is 0.323 e. The molecule has 1 rings (SSSR count). The third kappa shape index (κ3) is 4.14. The first-order valence-corrected chi connectivity index (χ1v) is 5.47. The molecule has 19 heavy (non-hydrogen) atoms. The lowest BCUT2D eigenvalue weighted by Gasteiger charge is -2.20. The summed E-state index contributed by atoms with van der Waals surface area (Å²) in [5, 5.41) is 27.2. The molecule has 1 aromatic rings. The minimum absolute atomic E-state index is 0.0904. The zero-order valence-corrected chi connectivity index (χ0v) is 10.4. The lowest BCUT2D eigenvalue weighted by molar-refractivity contribution is -0.137. The summed E-state index contributed by atoms with van der Waals surface area (Å²) >= 11 is 0. The Hall–Kier alpha value is -2.28. The predicted molar refractivity (Wildman–Crippen MR) is 65.2 cm³/mol. The summed E-state index contributed by atoms with van der Waals surface area (Å²) in [5.74, 6) is -2.49. The van der Waals surface area contributed by atoms with Crippen LogP contribution in [0.4, 0.5) is 0 Å². The predicted octanol–water partition coefficient (Wildman–Crippen LogP) is 0.271. The molecule has 1 amide bonds. The van der Waals surface area contributed by atoms with Gasteiger partial charge in [0.25, 0.3) is 5.91 Å². The van der Waals surface area contributed by atoms with Gasteiger partial charge in [0.15, 0.2) is 11.5 Å². The van der Waals surface area contributed by atoms with Gasteiger partial charge >= 0.3 is 5.97 Å². The van der Waals surface area contributed by atoms with Gasteiger partial charge in [0.2, 0.25) is 0 Å². The molecule has 0 fully saturated rings. The van der Waals surface area contributed by atoms with Crippen molar-refractivity contribution in [1.82, 2.24) is 4.90 Å². The topological polar surface area (TPSA) is 107 Å². The lowest BCUT2D eigenvalue weighted by Crippen LogP contribution is -2.37. The van der Waals surface area contributed by atoms with Gasteiger partial charge in [-0.2, -0.15) is 0 Å². The second-order valence-corrected chi connectivity index (χ2v) is 3.82. The molecule has 0 aliphatic carbocycles. The number of benzene rings is 1. The number of carboxylic acids is 1. The summed E-state index contributed by atoms with van der Waals surface area (Å²) in [6.07, 6.45) is 0. The Morgan fingerprint density at radius 3 is 2.47 bits per heavy atom. The molecule has 0 saturated carbocycles. The fraction of sp³-hybridized carbons (Fsp3) is 0.333. The maximum absolute atomic E-state index is 12.1. The van der Waals surface area contributed by atoms with Gasteiger partial charge in [-0.3, -0.25) is 9.59 Å². The molecule has 104 valence electrons. The van der Waals surface area contributed by atoms with Crippen LogP contribution in [0.2, 0.25) is 0 Å². The normalized spacial score (nSPS) is 10.2. The minimum Gasteiger partial charge on any atom is -0.504 e. The van der Waals surface area contributed by atoms with E-state index in [0.29, 0.717) is 0 Å². The number of nitrogens with zero attached hydrogens (tertiary/aromatic N) is 1. The monoisotopic (exact) mass is 269 g/mol. The SMILES string of the molecule is COCCN(CC(=O)O)C(=O)c1ccc(O)c(O)c1. The molecule has 0 radical (unpaired) electrons. The van der Waals surface area contributed by atoms with Crippen LogP contribution in [0.5, 0.6) is 11.5 Å². The van der Waals surface area contributed by atoms with E-state index in [1.165, 1.54) is 13.2 Å². The van der Waals surface area contributed by atoms with Crippen LogP contribution in [-0.2, 0) is 9.53 Å². The number of rotatable bonds is 6. The molecular formula is C12H15NO6. The molecule has 3 N–H and O–H groups in total. The summed E-state index contributed by atoms with van der Waals surface area (Å²) in [4.78, 5) is 23.9. The highest BCUT2D eigenvalue weighted by Gasteiger charge is 2.19. The zero-order valence-electron chi connectivity index (χ0n) is 10.4. The summed E-state index contributed by atoms with van der Waals surface area (Å²) in [7, 11) is 1.44. The second-order valence-electron chi connectivity index (χ2n) is 3.82. The number of aliphatic carboxylic acids is 1. The van der Waals surface area contributed by atoms with Crippen molar-refractivity contribution in [3.05, 3.63) is 23.8 Å². The van der Waals surface area contributed by atoms with Crippen molar-refractivity contribution in [2.45, 2.75) is 0 Å². The number of hydrogen-bond donors (Lipinski definition) is 3. The van der Waals surface area contributed by atoms with Crippen molar-refractivity contribution in [3.63, 3.8) is 0 Å². The molecule has 7 nitrogen and oxygen atoms in total. The van der Waals surface area contributed by atoms with Crippen LogP contribution >= 0.6 is 0 Å². The molecule has 0 unspecified atom stereocenters. The summed E-state index contributed by atoms with van der Waals surface area (Å²) < 4.78 is 4.81. The Morgan fingerprint density at radius 2 is 1.95 bits per heavy atom. The average molecular weight is 269 g/mol. The Balaban J connectivity index is 2.90. The third-order valence-electron chi connectivity index (χ3n) is 2.40. The van der Waals surface area contributed by atoms with Gasteiger partial charge < -0.3 is 25.0 Å². The highest BCUT2D eigenvalue weighted by atomic mass is 16.5. The van der Waals surface area contributed by atoms with Crippen molar-refractivity contribution in [2.24, 2.45) is 0 Å². The Bertz CT molecular complexity index is 473. The van der Waals surface area contributed by atoms with Crippen molar-refractivity contribution in [1.29, 1.82) is 0 Å². The Labute approximate surface area is 109 Å². The van der Waals surface area contributed by atoms with Gasteiger partial charge in [0.1, 0.15) is 6.54 Å². The van der Waals surface area contributed by atoms with Crippen molar-refractivity contribution in [2.75, 3.05) is 26.8 Å². The number of aromatic hydroxyl groups is 2. The number of phenols is 2. The Morgan fingerprint density at radius 1 is 1.26 bits per heavy atom. The van der Waals surface area contributed by atoms with Crippen LogP contribution in [0.3, 0.4) is 0 Å². The molecule has 0 spiro atoms. The molecular weight excluding hydrogens is 254 g/mol. The van der Waals surface area contributed by atoms with E-state index in [-0.39, 0.29) is 24.5 Å². The van der Waals surface area contributed by atoms with E-state index >= 15 is 0 Å².